The van der Waals surface area contributed by atoms with Crippen LogP contribution in [0.25, 0.3) is 0 Å². The molecule has 0 spiro atoms. The average molecular weight is 563 g/mol. The van der Waals surface area contributed by atoms with Crippen LogP contribution in [0, 0.1) is 0 Å². The zero-order chi connectivity index (χ0) is 28.0. The quantitative estimate of drug-likeness (QED) is 0.210. The number of rotatable bonds is 8. The smallest absolute Gasteiger partial charge is 0.244 e. The van der Waals surface area contributed by atoms with Crippen molar-refractivity contribution in [2.45, 2.75) is 48.1 Å². The molecule has 5 aromatic rings. The molecule has 2 fully saturated rings. The van der Waals surface area contributed by atoms with Gasteiger partial charge in [0.1, 0.15) is 29.8 Å². The first-order chi connectivity index (χ1) is 20.0. The second-order valence-corrected chi connectivity index (χ2v) is 12.8. The number of furan rings is 1. The van der Waals surface area contributed by atoms with Crippen molar-refractivity contribution in [3.8, 4) is 0 Å². The van der Waals surface area contributed by atoms with E-state index in [4.69, 9.17) is 4.42 Å². The predicted molar refractivity (Wildman–Crippen MR) is 157 cm³/mol. The van der Waals surface area contributed by atoms with E-state index in [1.54, 1.807) is 22.7 Å². The molecule has 206 valence electrons. The summed E-state index contributed by atoms with van der Waals surface area (Å²) in [5, 5.41) is 16.4. The summed E-state index contributed by atoms with van der Waals surface area (Å²) in [5.74, 6) is 1.46. The topological polar surface area (TPSA) is 89.1 Å². The number of hydrogen-bond acceptors (Lipinski definition) is 7. The van der Waals surface area contributed by atoms with Crippen LogP contribution < -0.4 is 5.32 Å². The van der Waals surface area contributed by atoms with Gasteiger partial charge in [0.15, 0.2) is 5.82 Å². The molecule has 9 heteroatoms. The van der Waals surface area contributed by atoms with Crippen LogP contribution >= 0.6 is 11.8 Å². The van der Waals surface area contributed by atoms with E-state index in [0.29, 0.717) is 12.4 Å². The lowest BCUT2D eigenvalue weighted by molar-refractivity contribution is -0.150. The fraction of sp³-hybridized carbons (Fsp3) is 0.250. The third-order valence-corrected chi connectivity index (χ3v) is 9.69. The van der Waals surface area contributed by atoms with Crippen LogP contribution in [0.2, 0.25) is 0 Å². The second-order valence-electron chi connectivity index (χ2n) is 11.0. The van der Waals surface area contributed by atoms with Crippen molar-refractivity contribution in [3.63, 3.8) is 0 Å². The van der Waals surface area contributed by atoms with Gasteiger partial charge in [0, 0.05) is 4.75 Å². The molecule has 3 aromatic carbocycles. The highest BCUT2D eigenvalue weighted by Gasteiger charge is 2.64. The number of aromatic nitrogens is 4. The minimum Gasteiger partial charge on any atom is -0.467 e. The van der Waals surface area contributed by atoms with E-state index in [-0.39, 0.29) is 22.1 Å². The van der Waals surface area contributed by atoms with Gasteiger partial charge in [-0.1, -0.05) is 91.0 Å². The Hall–Kier alpha value is -4.21. The summed E-state index contributed by atoms with van der Waals surface area (Å²) < 4.78 is 6.97. The number of tetrazole rings is 1. The van der Waals surface area contributed by atoms with Gasteiger partial charge in [0.2, 0.25) is 5.91 Å². The molecule has 2 unspecified atom stereocenters. The summed E-state index contributed by atoms with van der Waals surface area (Å²) in [4.78, 5) is 16.1. The molecule has 8 nitrogen and oxygen atoms in total. The van der Waals surface area contributed by atoms with Crippen LogP contribution in [0.15, 0.2) is 114 Å². The third-order valence-electron chi connectivity index (χ3n) is 8.12. The number of fused-ring (bicyclic) bond motifs is 1. The van der Waals surface area contributed by atoms with Crippen molar-refractivity contribution in [1.29, 1.82) is 0 Å². The normalized spacial score (nSPS) is 21.5. The molecular formula is C32H30N6O2S. The molecule has 0 saturated carbocycles. The van der Waals surface area contributed by atoms with E-state index >= 15 is 0 Å². The summed E-state index contributed by atoms with van der Waals surface area (Å²) in [6.45, 7) is 4.73. The number of carbonyl (C=O) groups is 1. The highest BCUT2D eigenvalue weighted by Crippen LogP contribution is 2.57. The third kappa shape index (κ3) is 4.19. The second kappa shape index (κ2) is 10.0. The Bertz CT molecular complexity index is 1540. The molecule has 0 radical (unpaired) electrons. The largest absolute Gasteiger partial charge is 0.467 e. The number of β-lactam (4-membered cyclic amide) rings is 1. The maximum atomic E-state index is 14.2. The Balaban J connectivity index is 1.28. The van der Waals surface area contributed by atoms with Gasteiger partial charge in [0.05, 0.1) is 11.8 Å². The lowest BCUT2D eigenvalue weighted by atomic mass is 9.76. The Kier molecular flexibility index (Phi) is 6.28. The van der Waals surface area contributed by atoms with Crippen molar-refractivity contribution in [1.82, 2.24) is 30.4 Å². The van der Waals surface area contributed by atoms with Gasteiger partial charge in [-0.2, -0.15) is 0 Å². The summed E-state index contributed by atoms with van der Waals surface area (Å²) in [5.41, 5.74) is 2.49. The molecule has 1 N–H and O–H groups in total. The maximum Gasteiger partial charge on any atom is 0.244 e. The van der Waals surface area contributed by atoms with Gasteiger partial charge in [0.25, 0.3) is 0 Å². The van der Waals surface area contributed by atoms with Gasteiger partial charge < -0.3 is 9.32 Å². The summed E-state index contributed by atoms with van der Waals surface area (Å²) in [6.07, 6.45) is 1.64. The zero-order valence-electron chi connectivity index (χ0n) is 22.8. The first-order valence-corrected chi connectivity index (χ1v) is 14.6. The van der Waals surface area contributed by atoms with Gasteiger partial charge in [-0.15, -0.1) is 16.9 Å². The molecule has 7 rings (SSSR count). The molecule has 41 heavy (non-hydrogen) atoms. The van der Waals surface area contributed by atoms with Gasteiger partial charge in [-0.05, 0) is 53.1 Å². The molecular weight excluding hydrogens is 532 g/mol. The van der Waals surface area contributed by atoms with Crippen molar-refractivity contribution in [2.24, 2.45) is 0 Å². The number of hydrogen-bond donors (Lipinski definition) is 1. The standard InChI is InChI=1S/C32H30N6O2S/c1-31(2)27(28-34-35-36-37(28)21-25-19-12-20-40-25)38-29(39)26(30(38)41-31)33-32(22-13-6-3-7-14-22,23-15-8-4-9-16-23)24-17-10-5-11-18-24/h3-20,26-27,30,33H,21H2,1-2H3/t26?,27?,30-/m1/s1. The molecule has 1 amide bonds. The van der Waals surface area contributed by atoms with Crippen molar-refractivity contribution in [3.05, 3.63) is 138 Å². The van der Waals surface area contributed by atoms with Gasteiger partial charge in [-0.25, -0.2) is 4.68 Å². The number of thioether (sulfide) groups is 1. The van der Waals surface area contributed by atoms with Crippen molar-refractivity contribution >= 4 is 17.7 Å². The Labute approximate surface area is 242 Å². The fourth-order valence-electron chi connectivity index (χ4n) is 6.28. The van der Waals surface area contributed by atoms with Crippen LogP contribution in [0.4, 0.5) is 0 Å². The fourth-order valence-corrected chi connectivity index (χ4v) is 7.91. The first-order valence-electron chi connectivity index (χ1n) is 13.7. The monoisotopic (exact) mass is 562 g/mol. The number of carbonyl (C=O) groups excluding carboxylic acids is 1. The van der Waals surface area contributed by atoms with Crippen LogP contribution in [0.5, 0.6) is 0 Å². The highest BCUT2D eigenvalue weighted by atomic mass is 32.2. The molecule has 0 bridgehead atoms. The van der Waals surface area contributed by atoms with E-state index in [0.717, 1.165) is 22.5 Å². The van der Waals surface area contributed by atoms with Crippen molar-refractivity contribution < 1.29 is 9.21 Å². The van der Waals surface area contributed by atoms with Crippen molar-refractivity contribution in [2.75, 3.05) is 0 Å². The number of nitrogens with zero attached hydrogens (tertiary/aromatic N) is 5. The lowest BCUT2D eigenvalue weighted by Gasteiger charge is -2.49. The molecule has 2 aromatic heterocycles. The molecule has 4 heterocycles. The van der Waals surface area contributed by atoms with E-state index in [2.05, 4.69) is 107 Å². The summed E-state index contributed by atoms with van der Waals surface area (Å²) in [6, 6.07) is 34.2. The number of amides is 1. The highest BCUT2D eigenvalue weighted by molar-refractivity contribution is 8.01. The van der Waals surface area contributed by atoms with E-state index < -0.39 is 11.6 Å². The molecule has 2 saturated heterocycles. The van der Waals surface area contributed by atoms with Crippen LogP contribution in [-0.2, 0) is 16.9 Å². The predicted octanol–water partition coefficient (Wildman–Crippen LogP) is 5.00. The Morgan fingerprint density at radius 3 is 2.00 bits per heavy atom. The molecule has 2 aliphatic rings. The van der Waals surface area contributed by atoms with E-state index in [9.17, 15) is 4.79 Å². The van der Waals surface area contributed by atoms with Gasteiger partial charge in [-0.3, -0.25) is 10.1 Å². The number of benzene rings is 3. The van der Waals surface area contributed by atoms with Crippen LogP contribution in [0.3, 0.4) is 0 Å². The lowest BCUT2D eigenvalue weighted by Crippen LogP contribution is -2.70. The number of nitrogens with one attached hydrogen (secondary N) is 1. The minimum absolute atomic E-state index is 0.0396. The van der Waals surface area contributed by atoms with Gasteiger partial charge >= 0.3 is 0 Å². The van der Waals surface area contributed by atoms with E-state index in [1.807, 2.05) is 35.2 Å². The Morgan fingerprint density at radius 1 is 0.878 bits per heavy atom. The summed E-state index contributed by atoms with van der Waals surface area (Å²) in [7, 11) is 0. The SMILES string of the molecule is CC1(C)S[C@@H]2C(NC(c3ccccc3)(c3ccccc3)c3ccccc3)C(=O)N2C1c1nnnn1Cc1ccco1. The first kappa shape index (κ1) is 25.7. The molecule has 0 aliphatic carbocycles. The Morgan fingerprint density at radius 2 is 1.46 bits per heavy atom. The molecule has 2 aliphatic heterocycles. The zero-order valence-corrected chi connectivity index (χ0v) is 23.6. The van der Waals surface area contributed by atoms with E-state index in [1.165, 1.54) is 0 Å². The van der Waals surface area contributed by atoms with Crippen LogP contribution in [0.1, 0.15) is 48.2 Å². The van der Waals surface area contributed by atoms with Crippen LogP contribution in [-0.4, -0.2) is 47.2 Å². The average Bonchev–Trinajstić information content (AvgIpc) is 3.74. The summed E-state index contributed by atoms with van der Waals surface area (Å²) >= 11 is 1.79. The maximum absolute atomic E-state index is 14.2. The molecule has 3 atom stereocenters. The minimum atomic E-state index is -0.736.